The van der Waals surface area contributed by atoms with E-state index >= 15 is 0 Å². The van der Waals surface area contributed by atoms with Crippen LogP contribution >= 0.6 is 11.8 Å². The molecule has 0 radical (unpaired) electrons. The maximum absolute atomic E-state index is 12.3. The van der Waals surface area contributed by atoms with Gasteiger partial charge in [-0.1, -0.05) is 27.7 Å². The summed E-state index contributed by atoms with van der Waals surface area (Å²) in [5.74, 6) is -0.601. The van der Waals surface area contributed by atoms with Crippen LogP contribution in [0.5, 0.6) is 0 Å². The summed E-state index contributed by atoms with van der Waals surface area (Å²) in [6.45, 7) is 9.67. The van der Waals surface area contributed by atoms with Crippen molar-refractivity contribution in [3.05, 3.63) is 0 Å². The van der Waals surface area contributed by atoms with Gasteiger partial charge in [0.25, 0.3) is 0 Å². The Bertz CT molecular complexity index is 659. The second-order valence-electron chi connectivity index (χ2n) is 9.01. The number of carbonyl (C=O) groups excluding carboxylic acids is 4. The number of nitrogens with one attached hydrogen (secondary N) is 2. The third-order valence-corrected chi connectivity index (χ3v) is 7.17. The molecule has 9 heteroatoms. The second kappa shape index (κ2) is 12.4. The predicted molar refractivity (Wildman–Crippen MR) is 123 cm³/mol. The number of amides is 4. The van der Waals surface area contributed by atoms with Crippen LogP contribution in [0.15, 0.2) is 0 Å². The monoisotopic (exact) mass is 457 g/mol. The van der Waals surface area contributed by atoms with Gasteiger partial charge in [0.15, 0.2) is 0 Å². The number of hydrogen-bond donors (Lipinski definition) is 2. The fraction of sp³-hybridized carbons (Fsp3) is 0.818. The van der Waals surface area contributed by atoms with E-state index in [2.05, 4.69) is 10.6 Å². The van der Waals surface area contributed by atoms with Crippen LogP contribution in [-0.4, -0.2) is 73.4 Å². The Kier molecular flexibility index (Phi) is 11.0. The Balaban J connectivity index is 2.46. The molecule has 0 saturated carbocycles. The quantitative estimate of drug-likeness (QED) is 0.387. The van der Waals surface area contributed by atoms with Crippen LogP contribution in [-0.2, 0) is 23.9 Å². The fourth-order valence-electron chi connectivity index (χ4n) is 3.26. The van der Waals surface area contributed by atoms with Crippen molar-refractivity contribution >= 4 is 35.4 Å². The minimum atomic E-state index is -0.326. The van der Waals surface area contributed by atoms with E-state index in [0.29, 0.717) is 26.2 Å². The smallest absolute Gasteiger partial charge is 0.242 e. The Labute approximate surface area is 190 Å². The van der Waals surface area contributed by atoms with Crippen LogP contribution in [0.4, 0.5) is 0 Å². The van der Waals surface area contributed by atoms with Crippen LogP contribution in [0.3, 0.4) is 0 Å². The van der Waals surface area contributed by atoms with E-state index in [0.717, 1.165) is 12.8 Å². The first-order chi connectivity index (χ1) is 14.5. The molecule has 0 spiro atoms. The van der Waals surface area contributed by atoms with E-state index in [9.17, 15) is 19.2 Å². The van der Waals surface area contributed by atoms with Gasteiger partial charge in [0, 0.05) is 44.8 Å². The highest BCUT2D eigenvalue weighted by molar-refractivity contribution is 8.00. The molecule has 0 bridgehead atoms. The molecule has 0 aliphatic carbocycles. The van der Waals surface area contributed by atoms with Gasteiger partial charge in [-0.05, 0) is 24.5 Å². The van der Waals surface area contributed by atoms with Crippen molar-refractivity contribution in [2.75, 3.05) is 39.6 Å². The highest BCUT2D eigenvalue weighted by Gasteiger charge is 2.38. The van der Waals surface area contributed by atoms with E-state index in [1.807, 2.05) is 27.7 Å². The van der Waals surface area contributed by atoms with Crippen LogP contribution in [0.25, 0.3) is 0 Å². The molecule has 3 unspecified atom stereocenters. The van der Waals surface area contributed by atoms with Gasteiger partial charge in [-0.2, -0.15) is 11.8 Å². The summed E-state index contributed by atoms with van der Waals surface area (Å²) < 4.78 is 5.99. The van der Waals surface area contributed by atoms with Gasteiger partial charge < -0.3 is 15.4 Å². The van der Waals surface area contributed by atoms with E-state index in [-0.39, 0.29) is 59.1 Å². The number of thioether (sulfide) groups is 1. The largest absolute Gasteiger partial charge is 0.380 e. The minimum absolute atomic E-state index is 0.00252. The third kappa shape index (κ3) is 8.44. The molecule has 2 N–H and O–H groups in total. The zero-order chi connectivity index (χ0) is 23.7. The normalized spacial score (nSPS) is 20.3. The van der Waals surface area contributed by atoms with Crippen molar-refractivity contribution in [3.63, 3.8) is 0 Å². The number of likely N-dealkylation sites (tertiary alicyclic amines) is 1. The molecule has 0 aromatic heterocycles. The Hall–Kier alpha value is -1.61. The van der Waals surface area contributed by atoms with Gasteiger partial charge in [0.1, 0.15) is 0 Å². The average molecular weight is 458 g/mol. The summed E-state index contributed by atoms with van der Waals surface area (Å²) in [4.78, 5) is 49.4. The van der Waals surface area contributed by atoms with Crippen molar-refractivity contribution < 1.29 is 23.9 Å². The number of rotatable bonds is 14. The topological polar surface area (TPSA) is 105 Å². The lowest BCUT2D eigenvalue weighted by Gasteiger charge is -2.32. The van der Waals surface area contributed by atoms with Crippen LogP contribution < -0.4 is 10.6 Å². The van der Waals surface area contributed by atoms with Gasteiger partial charge in [0.05, 0.1) is 18.5 Å². The molecule has 1 fully saturated rings. The lowest BCUT2D eigenvalue weighted by molar-refractivity contribution is -0.138. The zero-order valence-electron chi connectivity index (χ0n) is 19.8. The zero-order valence-corrected chi connectivity index (χ0v) is 20.7. The Morgan fingerprint density at radius 1 is 1.13 bits per heavy atom. The fourth-order valence-corrected chi connectivity index (χ4v) is 3.90. The molecule has 1 heterocycles. The molecular weight excluding hydrogens is 418 g/mol. The van der Waals surface area contributed by atoms with E-state index in [1.165, 1.54) is 16.7 Å². The highest BCUT2D eigenvalue weighted by Crippen LogP contribution is 2.28. The van der Waals surface area contributed by atoms with Crippen molar-refractivity contribution in [1.29, 1.82) is 0 Å². The number of nitrogens with zero attached hydrogens (tertiary/aromatic N) is 1. The van der Waals surface area contributed by atoms with Crippen molar-refractivity contribution in [2.45, 2.75) is 65.0 Å². The van der Waals surface area contributed by atoms with E-state index < -0.39 is 0 Å². The highest BCUT2D eigenvalue weighted by atomic mass is 32.2. The molecule has 0 aromatic carbocycles. The summed E-state index contributed by atoms with van der Waals surface area (Å²) in [5, 5.41) is 5.25. The molecule has 8 nitrogen and oxygen atoms in total. The van der Waals surface area contributed by atoms with Gasteiger partial charge >= 0.3 is 0 Å². The molecule has 3 atom stereocenters. The first-order valence-corrected chi connectivity index (χ1v) is 12.2. The van der Waals surface area contributed by atoms with Gasteiger partial charge in [-0.3, -0.25) is 24.1 Å². The molecule has 1 aliphatic rings. The molecule has 1 aliphatic heterocycles. The van der Waals surface area contributed by atoms with Crippen LogP contribution in [0, 0.1) is 10.8 Å². The molecule has 4 amide bonds. The van der Waals surface area contributed by atoms with Crippen molar-refractivity contribution in [2.24, 2.45) is 10.8 Å². The molecular formula is C22H39N3O5S. The maximum atomic E-state index is 12.3. The lowest BCUT2D eigenvalue weighted by Crippen LogP contribution is -2.41. The molecule has 1 rings (SSSR count). The summed E-state index contributed by atoms with van der Waals surface area (Å²) >= 11 is 1.37. The molecule has 178 valence electrons. The van der Waals surface area contributed by atoms with Gasteiger partial charge in [0.2, 0.25) is 23.6 Å². The van der Waals surface area contributed by atoms with E-state index in [4.69, 9.17) is 4.74 Å². The average Bonchev–Trinajstić information content (AvgIpc) is 3.03. The summed E-state index contributed by atoms with van der Waals surface area (Å²) in [7, 11) is 1.63. The molecule has 0 aromatic rings. The Morgan fingerprint density at radius 3 is 2.26 bits per heavy atom. The van der Waals surface area contributed by atoms with Crippen LogP contribution in [0.2, 0.25) is 0 Å². The third-order valence-electron chi connectivity index (χ3n) is 6.24. The molecule has 31 heavy (non-hydrogen) atoms. The standard InChI is InChI=1S/C22H39N3O5S/c1-7-21(3,12-18(27)23-5)14-30-15-22(4,8-2)13-24-17(26)9-10-25-19(28)11-16(31-6)20(25)29/h16H,7-15H2,1-6H3,(H,23,27)(H,24,26). The Morgan fingerprint density at radius 2 is 1.74 bits per heavy atom. The van der Waals surface area contributed by atoms with Gasteiger partial charge in [-0.15, -0.1) is 0 Å². The summed E-state index contributed by atoms with van der Waals surface area (Å²) in [5.41, 5.74) is -0.484. The first-order valence-electron chi connectivity index (χ1n) is 10.9. The lowest BCUT2D eigenvalue weighted by atomic mass is 9.84. The van der Waals surface area contributed by atoms with Crippen molar-refractivity contribution in [3.8, 4) is 0 Å². The number of hydrogen-bond acceptors (Lipinski definition) is 6. The van der Waals surface area contributed by atoms with Gasteiger partial charge in [-0.25, -0.2) is 0 Å². The molecule has 1 saturated heterocycles. The summed E-state index contributed by atoms with van der Waals surface area (Å²) in [6, 6.07) is 0. The number of ether oxygens (including phenoxy) is 1. The second-order valence-corrected chi connectivity index (χ2v) is 10.1. The van der Waals surface area contributed by atoms with Crippen molar-refractivity contribution in [1.82, 2.24) is 15.5 Å². The maximum Gasteiger partial charge on any atom is 0.242 e. The SMILES string of the molecule is CCC(C)(CNC(=O)CCN1C(=O)CC(SC)C1=O)COCC(C)(CC)CC(=O)NC. The predicted octanol–water partition coefficient (Wildman–Crippen LogP) is 1.97. The number of carbonyl (C=O) groups is 4. The van der Waals surface area contributed by atoms with E-state index in [1.54, 1.807) is 13.3 Å². The minimum Gasteiger partial charge on any atom is -0.380 e. The van der Waals surface area contributed by atoms with Crippen LogP contribution in [0.1, 0.15) is 59.8 Å². The summed E-state index contributed by atoms with van der Waals surface area (Å²) in [6.07, 6.45) is 4.16. The first kappa shape index (κ1) is 27.4. The number of imide groups is 1.